The van der Waals surface area contributed by atoms with Crippen molar-refractivity contribution in [1.29, 1.82) is 0 Å². The Morgan fingerprint density at radius 3 is 2.87 bits per heavy atom. The van der Waals surface area contributed by atoms with E-state index in [0.717, 1.165) is 11.4 Å². The Hall–Kier alpha value is -2.54. The van der Waals surface area contributed by atoms with E-state index < -0.39 is 11.5 Å². The van der Waals surface area contributed by atoms with E-state index in [1.807, 2.05) is 6.07 Å². The first-order chi connectivity index (χ1) is 11.0. The molecule has 7 heteroatoms. The zero-order valence-electron chi connectivity index (χ0n) is 12.7. The molecule has 0 aliphatic rings. The quantitative estimate of drug-likeness (QED) is 0.743. The van der Waals surface area contributed by atoms with E-state index in [2.05, 4.69) is 29.4 Å². The molecule has 0 fully saturated rings. The Morgan fingerprint density at radius 1 is 1.30 bits per heavy atom. The Balaban J connectivity index is 1.84. The van der Waals surface area contributed by atoms with E-state index in [4.69, 9.17) is 4.42 Å². The molecule has 0 radical (unpaired) electrons. The highest BCUT2D eigenvalue weighted by atomic mass is 32.1. The molecule has 0 bridgehead atoms. The third-order valence-electron chi connectivity index (χ3n) is 3.16. The number of para-hydroxylation sites is 1. The molecular formula is C16H15N3O3S. The van der Waals surface area contributed by atoms with Gasteiger partial charge in [-0.3, -0.25) is 10.1 Å². The van der Waals surface area contributed by atoms with E-state index in [1.54, 1.807) is 18.2 Å². The number of carbonyl (C=O) groups is 1. The maximum atomic E-state index is 12.3. The molecule has 1 amide bonds. The van der Waals surface area contributed by atoms with Crippen molar-refractivity contribution in [3.05, 3.63) is 51.3 Å². The molecule has 0 aliphatic heterocycles. The topological polar surface area (TPSA) is 85.1 Å². The van der Waals surface area contributed by atoms with Gasteiger partial charge in [0.2, 0.25) is 5.13 Å². The molecule has 2 aromatic heterocycles. The maximum absolute atomic E-state index is 12.3. The van der Waals surface area contributed by atoms with E-state index in [0.29, 0.717) is 22.0 Å². The predicted molar refractivity (Wildman–Crippen MR) is 88.9 cm³/mol. The summed E-state index contributed by atoms with van der Waals surface area (Å²) in [5, 5.41) is 12.5. The van der Waals surface area contributed by atoms with Crippen molar-refractivity contribution in [2.75, 3.05) is 5.32 Å². The lowest BCUT2D eigenvalue weighted by Crippen LogP contribution is -2.20. The highest BCUT2D eigenvalue weighted by Crippen LogP contribution is 2.19. The standard InChI is InChI=1S/C16H15N3O3S/c1-9(2)7-13-18-19-16(23-13)17-14(20)11-8-10-5-3-4-6-12(10)22-15(11)21/h3-6,8-9H,7H2,1-2H3,(H,17,19,20). The second kappa shape index (κ2) is 6.29. The van der Waals surface area contributed by atoms with Crippen molar-refractivity contribution in [2.24, 2.45) is 5.92 Å². The predicted octanol–water partition coefficient (Wildman–Crippen LogP) is 3.10. The van der Waals surface area contributed by atoms with Crippen LogP contribution in [0.5, 0.6) is 0 Å². The average Bonchev–Trinajstić information content (AvgIpc) is 2.92. The first-order valence-electron chi connectivity index (χ1n) is 7.19. The molecule has 0 aliphatic carbocycles. The van der Waals surface area contributed by atoms with Gasteiger partial charge in [0.05, 0.1) is 0 Å². The number of amides is 1. The van der Waals surface area contributed by atoms with Crippen molar-refractivity contribution < 1.29 is 9.21 Å². The smallest absolute Gasteiger partial charge is 0.349 e. The van der Waals surface area contributed by atoms with Crippen LogP contribution in [0.1, 0.15) is 29.2 Å². The van der Waals surface area contributed by atoms with Gasteiger partial charge >= 0.3 is 5.63 Å². The Morgan fingerprint density at radius 2 is 2.09 bits per heavy atom. The highest BCUT2D eigenvalue weighted by molar-refractivity contribution is 7.15. The van der Waals surface area contributed by atoms with Crippen LogP contribution in [-0.2, 0) is 6.42 Å². The fraction of sp³-hybridized carbons (Fsp3) is 0.250. The van der Waals surface area contributed by atoms with Crippen LogP contribution in [0.2, 0.25) is 0 Å². The molecule has 23 heavy (non-hydrogen) atoms. The van der Waals surface area contributed by atoms with Gasteiger partial charge in [-0.1, -0.05) is 43.4 Å². The number of nitrogens with zero attached hydrogens (tertiary/aromatic N) is 2. The Kier molecular flexibility index (Phi) is 4.20. The van der Waals surface area contributed by atoms with Crippen LogP contribution in [0.3, 0.4) is 0 Å². The van der Waals surface area contributed by atoms with Crippen molar-refractivity contribution in [1.82, 2.24) is 10.2 Å². The lowest BCUT2D eigenvalue weighted by atomic mass is 10.1. The summed E-state index contributed by atoms with van der Waals surface area (Å²) in [5.74, 6) is -0.0872. The molecule has 1 N–H and O–H groups in total. The van der Waals surface area contributed by atoms with Crippen LogP contribution in [0.4, 0.5) is 5.13 Å². The zero-order valence-corrected chi connectivity index (χ0v) is 13.5. The van der Waals surface area contributed by atoms with Crippen LogP contribution < -0.4 is 10.9 Å². The van der Waals surface area contributed by atoms with E-state index in [9.17, 15) is 9.59 Å². The Labute approximate surface area is 136 Å². The second-order valence-corrected chi connectivity index (χ2v) is 6.60. The summed E-state index contributed by atoms with van der Waals surface area (Å²) in [6.07, 6.45) is 0.797. The largest absolute Gasteiger partial charge is 0.422 e. The molecule has 2 heterocycles. The van der Waals surface area contributed by atoms with Gasteiger partial charge in [-0.05, 0) is 18.1 Å². The molecule has 118 valence electrons. The summed E-state index contributed by atoms with van der Waals surface area (Å²) in [7, 11) is 0. The fourth-order valence-corrected chi connectivity index (χ4v) is 3.07. The van der Waals surface area contributed by atoms with E-state index in [-0.39, 0.29) is 5.56 Å². The number of hydrogen-bond acceptors (Lipinski definition) is 6. The number of carbonyl (C=O) groups excluding carboxylic acids is 1. The number of aromatic nitrogens is 2. The second-order valence-electron chi connectivity index (χ2n) is 5.54. The Bertz CT molecular complexity index is 914. The molecule has 1 aromatic carbocycles. The van der Waals surface area contributed by atoms with Crippen LogP contribution in [0.15, 0.2) is 39.5 Å². The first kappa shape index (κ1) is 15.4. The van der Waals surface area contributed by atoms with Gasteiger partial charge < -0.3 is 4.42 Å². The maximum Gasteiger partial charge on any atom is 0.349 e. The van der Waals surface area contributed by atoms with Gasteiger partial charge in [-0.25, -0.2) is 4.79 Å². The monoisotopic (exact) mass is 329 g/mol. The zero-order chi connectivity index (χ0) is 16.4. The summed E-state index contributed by atoms with van der Waals surface area (Å²) in [6.45, 7) is 4.17. The van der Waals surface area contributed by atoms with Crippen molar-refractivity contribution >= 4 is 33.3 Å². The summed E-state index contributed by atoms with van der Waals surface area (Å²) in [6, 6.07) is 8.56. The number of anilines is 1. The third kappa shape index (κ3) is 3.45. The number of fused-ring (bicyclic) bond motifs is 1. The molecule has 3 aromatic rings. The van der Waals surface area contributed by atoms with Crippen LogP contribution in [0, 0.1) is 5.92 Å². The minimum absolute atomic E-state index is 0.0516. The summed E-state index contributed by atoms with van der Waals surface area (Å²) >= 11 is 1.31. The van der Waals surface area contributed by atoms with Gasteiger partial charge in [0.25, 0.3) is 5.91 Å². The number of hydrogen-bond donors (Lipinski definition) is 1. The first-order valence-corrected chi connectivity index (χ1v) is 8.01. The van der Waals surface area contributed by atoms with Crippen molar-refractivity contribution in [3.8, 4) is 0 Å². The molecular weight excluding hydrogens is 314 g/mol. The van der Waals surface area contributed by atoms with E-state index >= 15 is 0 Å². The minimum atomic E-state index is -0.673. The molecule has 0 unspecified atom stereocenters. The number of nitrogens with one attached hydrogen (secondary N) is 1. The SMILES string of the molecule is CC(C)Cc1nnc(NC(=O)c2cc3ccccc3oc2=O)s1. The molecule has 3 rings (SSSR count). The number of rotatable bonds is 4. The highest BCUT2D eigenvalue weighted by Gasteiger charge is 2.16. The van der Waals surface area contributed by atoms with Gasteiger partial charge in [0.15, 0.2) is 0 Å². The van der Waals surface area contributed by atoms with Crippen LogP contribution in [-0.4, -0.2) is 16.1 Å². The molecule has 0 spiro atoms. The normalized spacial score (nSPS) is 11.1. The minimum Gasteiger partial charge on any atom is -0.422 e. The summed E-state index contributed by atoms with van der Waals surface area (Å²) in [5.41, 5.74) is -0.276. The molecule has 6 nitrogen and oxygen atoms in total. The van der Waals surface area contributed by atoms with Gasteiger partial charge in [-0.15, -0.1) is 10.2 Å². The molecule has 0 saturated carbocycles. The van der Waals surface area contributed by atoms with Gasteiger partial charge in [-0.2, -0.15) is 0 Å². The van der Waals surface area contributed by atoms with Gasteiger partial charge in [0, 0.05) is 11.8 Å². The molecule has 0 saturated heterocycles. The average molecular weight is 329 g/mol. The summed E-state index contributed by atoms with van der Waals surface area (Å²) in [4.78, 5) is 24.2. The lowest BCUT2D eigenvalue weighted by molar-refractivity contribution is 0.102. The number of benzene rings is 1. The van der Waals surface area contributed by atoms with Crippen LogP contribution >= 0.6 is 11.3 Å². The molecule has 0 atom stereocenters. The van der Waals surface area contributed by atoms with Crippen molar-refractivity contribution in [3.63, 3.8) is 0 Å². The fourth-order valence-electron chi connectivity index (χ4n) is 2.12. The van der Waals surface area contributed by atoms with Gasteiger partial charge in [0.1, 0.15) is 16.2 Å². The third-order valence-corrected chi connectivity index (χ3v) is 4.02. The lowest BCUT2D eigenvalue weighted by Gasteiger charge is -2.02. The summed E-state index contributed by atoms with van der Waals surface area (Å²) < 4.78 is 5.16. The van der Waals surface area contributed by atoms with Crippen LogP contribution in [0.25, 0.3) is 11.0 Å². The van der Waals surface area contributed by atoms with Crippen molar-refractivity contribution in [2.45, 2.75) is 20.3 Å². The van der Waals surface area contributed by atoms with E-state index in [1.165, 1.54) is 17.4 Å².